The van der Waals surface area contributed by atoms with Gasteiger partial charge >= 0.3 is 5.97 Å². The lowest BCUT2D eigenvalue weighted by atomic mass is 10.1. The fraction of sp³-hybridized carbons (Fsp3) is 0.250. The van der Waals surface area contributed by atoms with Crippen LogP contribution in [0, 0.1) is 0 Å². The van der Waals surface area contributed by atoms with E-state index in [9.17, 15) is 23.2 Å². The molecule has 0 saturated carbocycles. The average molecular weight is 439 g/mol. The van der Waals surface area contributed by atoms with Gasteiger partial charge in [-0.15, -0.1) is 0 Å². The molecule has 160 valence electrons. The van der Waals surface area contributed by atoms with E-state index in [1.807, 2.05) is 0 Å². The molecule has 1 N–H and O–H groups in total. The fourth-order valence-electron chi connectivity index (χ4n) is 2.25. The van der Waals surface area contributed by atoms with E-state index in [1.54, 1.807) is 0 Å². The van der Waals surface area contributed by atoms with Crippen LogP contribution in [0.15, 0.2) is 47.4 Å². The van der Waals surface area contributed by atoms with E-state index in [4.69, 9.17) is 14.2 Å². The van der Waals surface area contributed by atoms with Crippen molar-refractivity contribution in [2.75, 3.05) is 25.6 Å². The number of rotatable bonds is 10. The number of methoxy groups -OCH3 is 1. The molecule has 2 aromatic rings. The molecule has 2 rings (SSSR count). The molecule has 0 heterocycles. The number of carbonyl (C=O) groups excluding carboxylic acids is 3. The smallest absolute Gasteiger partial charge is 0.344 e. The number of benzene rings is 2. The minimum Gasteiger partial charge on any atom is -0.493 e. The van der Waals surface area contributed by atoms with Gasteiger partial charge < -0.3 is 19.5 Å². The first-order chi connectivity index (χ1) is 14.3. The monoisotopic (exact) mass is 439 g/mol. The second-order valence-electron chi connectivity index (χ2n) is 5.82. The van der Waals surface area contributed by atoms with Crippen LogP contribution >= 0.6 is 11.8 Å². The van der Waals surface area contributed by atoms with Gasteiger partial charge in [0.15, 0.2) is 30.5 Å². The van der Waals surface area contributed by atoms with Gasteiger partial charge in [0.05, 0.1) is 7.11 Å². The Kier molecular flexibility index (Phi) is 8.60. The van der Waals surface area contributed by atoms with E-state index in [-0.39, 0.29) is 17.3 Å². The Balaban J connectivity index is 1.79. The summed E-state index contributed by atoms with van der Waals surface area (Å²) in [5.74, 6) is -3.54. The highest BCUT2D eigenvalue weighted by Crippen LogP contribution is 2.28. The maximum absolute atomic E-state index is 12.3. The highest BCUT2D eigenvalue weighted by atomic mass is 32.2. The van der Waals surface area contributed by atoms with E-state index < -0.39 is 30.8 Å². The number of Topliss-reactive ketones (excluding diaryl/α,β-unsaturated/α-hetero) is 1. The molecule has 7 nitrogen and oxygen atoms in total. The molecule has 0 unspecified atom stereocenters. The van der Waals surface area contributed by atoms with Crippen molar-refractivity contribution in [1.82, 2.24) is 0 Å². The van der Waals surface area contributed by atoms with Gasteiger partial charge in [-0.05, 0) is 49.4 Å². The molecule has 0 aliphatic rings. The summed E-state index contributed by atoms with van der Waals surface area (Å²) >= 11 is 0.394. The SMILES string of the molecule is COc1cc(C(C)=O)ccc1OCC(=O)OCC(=O)Nc1ccc(SC(F)F)cc1. The van der Waals surface area contributed by atoms with Gasteiger partial charge in [-0.25, -0.2) is 4.79 Å². The first-order valence-electron chi connectivity index (χ1n) is 8.60. The summed E-state index contributed by atoms with van der Waals surface area (Å²) < 4.78 is 39.8. The van der Waals surface area contributed by atoms with E-state index in [2.05, 4.69) is 5.32 Å². The van der Waals surface area contributed by atoms with Gasteiger partial charge in [0.25, 0.3) is 11.7 Å². The zero-order chi connectivity index (χ0) is 22.1. The van der Waals surface area contributed by atoms with Crippen LogP contribution in [0.1, 0.15) is 17.3 Å². The van der Waals surface area contributed by atoms with E-state index in [1.165, 1.54) is 56.5 Å². The Morgan fingerprint density at radius 1 is 1.03 bits per heavy atom. The van der Waals surface area contributed by atoms with Gasteiger partial charge in [-0.3, -0.25) is 9.59 Å². The molecule has 0 atom stereocenters. The molecule has 0 aromatic heterocycles. The predicted octanol–water partition coefficient (Wildman–Crippen LogP) is 3.77. The molecular formula is C20H19F2NO6S. The number of amides is 1. The molecule has 10 heteroatoms. The Labute approximate surface area is 175 Å². The summed E-state index contributed by atoms with van der Waals surface area (Å²) in [7, 11) is 1.40. The Hall–Kier alpha value is -3.14. The van der Waals surface area contributed by atoms with Gasteiger partial charge in [-0.1, -0.05) is 11.8 Å². The molecule has 0 spiro atoms. The summed E-state index contributed by atoms with van der Waals surface area (Å²) in [5.41, 5.74) is 0.806. The van der Waals surface area contributed by atoms with E-state index in [0.717, 1.165) is 0 Å². The van der Waals surface area contributed by atoms with Gasteiger partial charge in [-0.2, -0.15) is 8.78 Å². The van der Waals surface area contributed by atoms with Gasteiger partial charge in [0, 0.05) is 16.1 Å². The number of nitrogens with one attached hydrogen (secondary N) is 1. The third-order valence-electron chi connectivity index (χ3n) is 3.64. The van der Waals surface area contributed by atoms with Crippen LogP contribution in [-0.2, 0) is 14.3 Å². The number of carbonyl (C=O) groups is 3. The van der Waals surface area contributed by atoms with Crippen molar-refractivity contribution in [2.24, 2.45) is 0 Å². The molecule has 0 aliphatic carbocycles. The Morgan fingerprint density at radius 2 is 1.73 bits per heavy atom. The maximum atomic E-state index is 12.3. The minimum atomic E-state index is -2.53. The van der Waals surface area contributed by atoms with Crippen LogP contribution in [0.4, 0.5) is 14.5 Å². The fourth-order valence-corrected chi connectivity index (χ4v) is 2.75. The first-order valence-corrected chi connectivity index (χ1v) is 9.48. The van der Waals surface area contributed by atoms with Crippen molar-refractivity contribution in [3.8, 4) is 11.5 Å². The number of ketones is 1. The van der Waals surface area contributed by atoms with Crippen molar-refractivity contribution in [3.63, 3.8) is 0 Å². The summed E-state index contributed by atoms with van der Waals surface area (Å²) in [5, 5.41) is 2.48. The normalized spacial score (nSPS) is 10.4. The lowest BCUT2D eigenvalue weighted by Crippen LogP contribution is -2.23. The van der Waals surface area contributed by atoms with Crippen molar-refractivity contribution >= 4 is 35.1 Å². The number of hydrogen-bond donors (Lipinski definition) is 1. The van der Waals surface area contributed by atoms with Crippen molar-refractivity contribution in [2.45, 2.75) is 17.6 Å². The average Bonchev–Trinajstić information content (AvgIpc) is 2.71. The van der Waals surface area contributed by atoms with Crippen molar-refractivity contribution in [3.05, 3.63) is 48.0 Å². The number of esters is 1. The van der Waals surface area contributed by atoms with E-state index in [0.29, 0.717) is 27.9 Å². The number of hydrogen-bond acceptors (Lipinski definition) is 7. The zero-order valence-corrected chi connectivity index (χ0v) is 17.0. The second kappa shape index (κ2) is 11.1. The number of ether oxygens (including phenoxy) is 3. The lowest BCUT2D eigenvalue weighted by Gasteiger charge is -2.11. The second-order valence-corrected chi connectivity index (χ2v) is 6.89. The topological polar surface area (TPSA) is 90.9 Å². The first kappa shape index (κ1) is 23.1. The van der Waals surface area contributed by atoms with Gasteiger partial charge in [0.2, 0.25) is 0 Å². The Bertz CT molecular complexity index is 905. The number of halogens is 2. The standard InChI is InChI=1S/C20H19F2NO6S/c1-12(24)13-3-8-16(17(9-13)27-2)28-11-19(26)29-10-18(25)23-14-4-6-15(7-5-14)30-20(21)22/h3-9,20H,10-11H2,1-2H3,(H,23,25). The predicted molar refractivity (Wildman–Crippen MR) is 106 cm³/mol. The third kappa shape index (κ3) is 7.36. The summed E-state index contributed by atoms with van der Waals surface area (Å²) in [6, 6.07) is 10.3. The third-order valence-corrected chi connectivity index (χ3v) is 4.37. The molecule has 2 aromatic carbocycles. The molecule has 30 heavy (non-hydrogen) atoms. The molecule has 0 fully saturated rings. The summed E-state index contributed by atoms with van der Waals surface area (Å²) in [4.78, 5) is 35.4. The molecule has 0 radical (unpaired) electrons. The van der Waals surface area contributed by atoms with Gasteiger partial charge in [0.1, 0.15) is 0 Å². The number of alkyl halides is 2. The molecule has 1 amide bonds. The van der Waals surface area contributed by atoms with Crippen LogP contribution in [0.2, 0.25) is 0 Å². The maximum Gasteiger partial charge on any atom is 0.344 e. The van der Waals surface area contributed by atoms with Crippen molar-refractivity contribution < 1.29 is 37.4 Å². The molecule has 0 bridgehead atoms. The van der Waals surface area contributed by atoms with Crippen LogP contribution in [0.5, 0.6) is 11.5 Å². The largest absolute Gasteiger partial charge is 0.493 e. The van der Waals surface area contributed by atoms with Crippen LogP contribution in [0.25, 0.3) is 0 Å². The highest BCUT2D eigenvalue weighted by molar-refractivity contribution is 7.99. The quantitative estimate of drug-likeness (QED) is 0.342. The lowest BCUT2D eigenvalue weighted by molar-refractivity contribution is -0.149. The number of thioether (sulfide) groups is 1. The van der Waals surface area contributed by atoms with Crippen LogP contribution in [-0.4, -0.2) is 43.7 Å². The summed E-state index contributed by atoms with van der Waals surface area (Å²) in [6.07, 6.45) is 0. The highest BCUT2D eigenvalue weighted by Gasteiger charge is 2.13. The molecule has 0 aliphatic heterocycles. The zero-order valence-electron chi connectivity index (χ0n) is 16.1. The molecular weight excluding hydrogens is 420 g/mol. The van der Waals surface area contributed by atoms with E-state index >= 15 is 0 Å². The number of anilines is 1. The summed E-state index contributed by atoms with van der Waals surface area (Å²) in [6.45, 7) is 0.396. The minimum absolute atomic E-state index is 0.146. The molecule has 0 saturated heterocycles. The van der Waals surface area contributed by atoms with Crippen LogP contribution < -0.4 is 14.8 Å². The Morgan fingerprint density at radius 3 is 2.33 bits per heavy atom. The van der Waals surface area contributed by atoms with Crippen molar-refractivity contribution in [1.29, 1.82) is 0 Å². The van der Waals surface area contributed by atoms with Crippen LogP contribution in [0.3, 0.4) is 0 Å².